The molecule has 2 N–H and O–H groups in total. The highest BCUT2D eigenvalue weighted by Gasteiger charge is 2.14. The molecule has 1 unspecified atom stereocenters. The lowest BCUT2D eigenvalue weighted by atomic mass is 10.1. The Kier molecular flexibility index (Phi) is 3.15. The molecule has 1 aromatic heterocycles. The molecule has 1 aliphatic heterocycles. The molecule has 94 valence electrons. The lowest BCUT2D eigenvalue weighted by Crippen LogP contribution is -2.18. The molecule has 0 bridgehead atoms. The van der Waals surface area contributed by atoms with Crippen molar-refractivity contribution >= 4 is 16.7 Å². The monoisotopic (exact) mass is 241 g/mol. The third-order valence-corrected chi connectivity index (χ3v) is 3.64. The van der Waals surface area contributed by atoms with Gasteiger partial charge in [-0.25, -0.2) is 4.98 Å². The standard InChI is InChI=1S/C15H19N3/c1-11-8-13-4-2-3-5-14(13)18-15(11)17-10-12-6-7-16-9-12/h2-5,8,12,16H,6-7,9-10H2,1H3,(H,17,18). The zero-order chi connectivity index (χ0) is 12.4. The van der Waals surface area contributed by atoms with Crippen LogP contribution in [-0.2, 0) is 0 Å². The molecule has 1 aromatic carbocycles. The quantitative estimate of drug-likeness (QED) is 0.867. The van der Waals surface area contributed by atoms with Gasteiger partial charge in [-0.1, -0.05) is 18.2 Å². The molecule has 0 saturated carbocycles. The normalized spacial score (nSPS) is 19.3. The van der Waals surface area contributed by atoms with Crippen molar-refractivity contribution < 1.29 is 0 Å². The minimum absolute atomic E-state index is 0.734. The van der Waals surface area contributed by atoms with Crippen LogP contribution >= 0.6 is 0 Å². The minimum Gasteiger partial charge on any atom is -0.370 e. The number of nitrogens with zero attached hydrogens (tertiary/aromatic N) is 1. The molecule has 2 heterocycles. The molecule has 0 aliphatic carbocycles. The van der Waals surface area contributed by atoms with Gasteiger partial charge < -0.3 is 10.6 Å². The highest BCUT2D eigenvalue weighted by atomic mass is 15.0. The number of aryl methyl sites for hydroxylation is 1. The maximum absolute atomic E-state index is 4.70. The van der Waals surface area contributed by atoms with Gasteiger partial charge in [-0.3, -0.25) is 0 Å². The van der Waals surface area contributed by atoms with Gasteiger partial charge in [-0.05, 0) is 50.0 Å². The van der Waals surface area contributed by atoms with Gasteiger partial charge in [-0.2, -0.15) is 0 Å². The molecule has 0 amide bonds. The van der Waals surface area contributed by atoms with Gasteiger partial charge in [0.25, 0.3) is 0 Å². The maximum atomic E-state index is 4.70. The van der Waals surface area contributed by atoms with E-state index < -0.39 is 0 Å². The summed E-state index contributed by atoms with van der Waals surface area (Å²) < 4.78 is 0. The number of benzene rings is 1. The molecule has 1 fully saturated rings. The predicted molar refractivity (Wildman–Crippen MR) is 75.9 cm³/mol. The van der Waals surface area contributed by atoms with Crippen molar-refractivity contribution in [3.8, 4) is 0 Å². The van der Waals surface area contributed by atoms with E-state index in [1.807, 2.05) is 6.07 Å². The second-order valence-electron chi connectivity index (χ2n) is 5.09. The van der Waals surface area contributed by atoms with Crippen LogP contribution in [0.2, 0.25) is 0 Å². The van der Waals surface area contributed by atoms with Crippen molar-refractivity contribution in [2.45, 2.75) is 13.3 Å². The van der Waals surface area contributed by atoms with E-state index in [0.29, 0.717) is 0 Å². The van der Waals surface area contributed by atoms with E-state index in [9.17, 15) is 0 Å². The van der Waals surface area contributed by atoms with Crippen molar-refractivity contribution in [2.75, 3.05) is 25.0 Å². The van der Waals surface area contributed by atoms with Crippen LogP contribution in [0.3, 0.4) is 0 Å². The van der Waals surface area contributed by atoms with E-state index in [1.165, 1.54) is 17.4 Å². The van der Waals surface area contributed by atoms with Gasteiger partial charge in [-0.15, -0.1) is 0 Å². The van der Waals surface area contributed by atoms with E-state index >= 15 is 0 Å². The average Bonchev–Trinajstić information content (AvgIpc) is 2.89. The van der Waals surface area contributed by atoms with Crippen LogP contribution in [0.1, 0.15) is 12.0 Å². The Labute approximate surface area is 108 Å². The summed E-state index contributed by atoms with van der Waals surface area (Å²) in [6, 6.07) is 10.5. The highest BCUT2D eigenvalue weighted by molar-refractivity contribution is 5.81. The summed E-state index contributed by atoms with van der Waals surface area (Å²) in [5.74, 6) is 1.76. The van der Waals surface area contributed by atoms with Gasteiger partial charge >= 0.3 is 0 Å². The largest absolute Gasteiger partial charge is 0.370 e. The predicted octanol–water partition coefficient (Wildman–Crippen LogP) is 2.56. The molecule has 3 nitrogen and oxygen atoms in total. The molecular weight excluding hydrogens is 222 g/mol. The fourth-order valence-electron chi connectivity index (χ4n) is 2.53. The Bertz CT molecular complexity index is 544. The van der Waals surface area contributed by atoms with E-state index in [2.05, 4.69) is 41.8 Å². The first-order valence-corrected chi connectivity index (χ1v) is 6.64. The van der Waals surface area contributed by atoms with Crippen LogP contribution in [0.5, 0.6) is 0 Å². The fourth-order valence-corrected chi connectivity index (χ4v) is 2.53. The van der Waals surface area contributed by atoms with Crippen molar-refractivity contribution in [3.05, 3.63) is 35.9 Å². The third kappa shape index (κ3) is 2.31. The van der Waals surface area contributed by atoms with E-state index in [1.54, 1.807) is 0 Å². The lowest BCUT2D eigenvalue weighted by molar-refractivity contribution is 0.614. The number of hydrogen-bond acceptors (Lipinski definition) is 3. The Morgan fingerprint density at radius 3 is 3.11 bits per heavy atom. The molecule has 1 saturated heterocycles. The first kappa shape index (κ1) is 11.5. The van der Waals surface area contributed by atoms with Crippen molar-refractivity contribution in [2.24, 2.45) is 5.92 Å². The lowest BCUT2D eigenvalue weighted by Gasteiger charge is -2.13. The van der Waals surface area contributed by atoms with Crippen molar-refractivity contribution in [3.63, 3.8) is 0 Å². The fraction of sp³-hybridized carbons (Fsp3) is 0.400. The number of aromatic nitrogens is 1. The molecule has 1 aliphatic rings. The molecule has 18 heavy (non-hydrogen) atoms. The summed E-state index contributed by atoms with van der Waals surface area (Å²) in [6.45, 7) is 5.41. The van der Waals surface area contributed by atoms with Crippen LogP contribution in [0.4, 0.5) is 5.82 Å². The van der Waals surface area contributed by atoms with E-state index in [-0.39, 0.29) is 0 Å². The minimum atomic E-state index is 0.734. The second kappa shape index (κ2) is 4.94. The Morgan fingerprint density at radius 2 is 2.28 bits per heavy atom. The number of hydrogen-bond donors (Lipinski definition) is 2. The molecule has 0 radical (unpaired) electrons. The van der Waals surface area contributed by atoms with Crippen molar-refractivity contribution in [1.29, 1.82) is 0 Å². The van der Waals surface area contributed by atoms with Gasteiger partial charge in [0.05, 0.1) is 5.52 Å². The SMILES string of the molecule is Cc1cc2ccccc2nc1NCC1CCNC1. The third-order valence-electron chi connectivity index (χ3n) is 3.64. The zero-order valence-corrected chi connectivity index (χ0v) is 10.7. The van der Waals surface area contributed by atoms with Crippen molar-refractivity contribution in [1.82, 2.24) is 10.3 Å². The summed E-state index contributed by atoms with van der Waals surface area (Å²) in [6.07, 6.45) is 1.26. The summed E-state index contributed by atoms with van der Waals surface area (Å²) in [7, 11) is 0. The molecule has 3 rings (SSSR count). The average molecular weight is 241 g/mol. The van der Waals surface area contributed by atoms with Crippen LogP contribution < -0.4 is 10.6 Å². The molecular formula is C15H19N3. The number of pyridine rings is 1. The van der Waals surface area contributed by atoms with Gasteiger partial charge in [0, 0.05) is 11.9 Å². The molecule has 2 aromatic rings. The Hall–Kier alpha value is -1.61. The second-order valence-corrected chi connectivity index (χ2v) is 5.09. The number of anilines is 1. The smallest absolute Gasteiger partial charge is 0.129 e. The van der Waals surface area contributed by atoms with Crippen LogP contribution in [0, 0.1) is 12.8 Å². The maximum Gasteiger partial charge on any atom is 0.129 e. The Balaban J connectivity index is 1.80. The van der Waals surface area contributed by atoms with Gasteiger partial charge in [0.2, 0.25) is 0 Å². The van der Waals surface area contributed by atoms with E-state index in [4.69, 9.17) is 4.98 Å². The highest BCUT2D eigenvalue weighted by Crippen LogP contribution is 2.20. The van der Waals surface area contributed by atoms with Crippen LogP contribution in [0.15, 0.2) is 30.3 Å². The number of para-hydroxylation sites is 1. The molecule has 1 atom stereocenters. The number of nitrogens with one attached hydrogen (secondary N) is 2. The van der Waals surface area contributed by atoms with E-state index in [0.717, 1.165) is 36.9 Å². The molecule has 3 heteroatoms. The van der Waals surface area contributed by atoms with Gasteiger partial charge in [0.15, 0.2) is 0 Å². The zero-order valence-electron chi connectivity index (χ0n) is 10.7. The molecule has 0 spiro atoms. The topological polar surface area (TPSA) is 37.0 Å². The number of rotatable bonds is 3. The Morgan fingerprint density at radius 1 is 1.39 bits per heavy atom. The number of fused-ring (bicyclic) bond motifs is 1. The summed E-state index contributed by atoms with van der Waals surface area (Å²) in [5, 5.41) is 8.10. The van der Waals surface area contributed by atoms with Crippen LogP contribution in [-0.4, -0.2) is 24.6 Å². The van der Waals surface area contributed by atoms with Crippen LogP contribution in [0.25, 0.3) is 10.9 Å². The van der Waals surface area contributed by atoms with Gasteiger partial charge in [0.1, 0.15) is 5.82 Å². The summed E-state index contributed by atoms with van der Waals surface area (Å²) in [4.78, 5) is 4.70. The summed E-state index contributed by atoms with van der Waals surface area (Å²) in [5.41, 5.74) is 2.29. The first-order valence-electron chi connectivity index (χ1n) is 6.64. The first-order chi connectivity index (χ1) is 8.83. The summed E-state index contributed by atoms with van der Waals surface area (Å²) >= 11 is 0.